The fraction of sp³-hybridized carbons (Fsp3) is 0.462. The second-order valence-electron chi connectivity index (χ2n) is 4.87. The molecule has 1 heterocycles. The van der Waals surface area contributed by atoms with Crippen LogP contribution in [-0.2, 0) is 21.2 Å². The average molecular weight is 298 g/mol. The van der Waals surface area contributed by atoms with Gasteiger partial charge in [-0.2, -0.15) is 0 Å². The van der Waals surface area contributed by atoms with Gasteiger partial charge in [0.25, 0.3) is 0 Å². The maximum atomic E-state index is 11.9. The number of rotatable bonds is 4. The van der Waals surface area contributed by atoms with Crippen molar-refractivity contribution < 1.29 is 18.3 Å². The molecule has 7 heteroatoms. The summed E-state index contributed by atoms with van der Waals surface area (Å²) in [6.45, 7) is 0.351. The number of sulfone groups is 1. The number of benzene rings is 1. The Morgan fingerprint density at radius 3 is 2.65 bits per heavy atom. The molecule has 0 saturated carbocycles. The minimum Gasteiger partial charge on any atom is -0.392 e. The van der Waals surface area contributed by atoms with Crippen molar-refractivity contribution in [3.05, 3.63) is 29.8 Å². The summed E-state index contributed by atoms with van der Waals surface area (Å²) in [5.41, 5.74) is 1.40. The van der Waals surface area contributed by atoms with Crippen LogP contribution in [0, 0.1) is 0 Å². The largest absolute Gasteiger partial charge is 0.392 e. The molecule has 1 aliphatic heterocycles. The predicted octanol–water partition coefficient (Wildman–Crippen LogP) is -0.106. The van der Waals surface area contributed by atoms with E-state index in [1.165, 1.54) is 0 Å². The number of hydrogen-bond acceptors (Lipinski definition) is 5. The van der Waals surface area contributed by atoms with Crippen LogP contribution in [0.2, 0.25) is 0 Å². The lowest BCUT2D eigenvalue weighted by Crippen LogP contribution is -2.46. The number of carbonyl (C=O) groups is 1. The molecule has 1 unspecified atom stereocenters. The fourth-order valence-corrected chi connectivity index (χ4v) is 3.57. The SMILES string of the molecule is O=C(CC1CS(=O)(=O)CCN1)Nc1ccc(CO)cc1. The van der Waals surface area contributed by atoms with Crippen molar-refractivity contribution >= 4 is 21.4 Å². The molecule has 1 aromatic carbocycles. The summed E-state index contributed by atoms with van der Waals surface area (Å²) in [4.78, 5) is 11.9. The van der Waals surface area contributed by atoms with E-state index in [0.717, 1.165) is 5.56 Å². The van der Waals surface area contributed by atoms with Crippen LogP contribution in [0.5, 0.6) is 0 Å². The summed E-state index contributed by atoms with van der Waals surface area (Å²) < 4.78 is 23.0. The zero-order valence-corrected chi connectivity index (χ0v) is 11.8. The van der Waals surface area contributed by atoms with Gasteiger partial charge >= 0.3 is 0 Å². The van der Waals surface area contributed by atoms with Gasteiger partial charge in [-0.05, 0) is 17.7 Å². The highest BCUT2D eigenvalue weighted by Gasteiger charge is 2.25. The lowest BCUT2D eigenvalue weighted by molar-refractivity contribution is -0.116. The lowest BCUT2D eigenvalue weighted by atomic mass is 10.2. The first-order chi connectivity index (χ1) is 9.48. The van der Waals surface area contributed by atoms with Crippen LogP contribution in [-0.4, -0.2) is 43.5 Å². The second kappa shape index (κ2) is 6.34. The number of aliphatic hydroxyl groups excluding tert-OH is 1. The minimum atomic E-state index is -3.03. The van der Waals surface area contributed by atoms with Crippen LogP contribution in [0.4, 0.5) is 5.69 Å². The molecule has 1 aliphatic rings. The Morgan fingerprint density at radius 1 is 1.35 bits per heavy atom. The summed E-state index contributed by atoms with van der Waals surface area (Å²) in [6.07, 6.45) is 0.126. The summed E-state index contributed by atoms with van der Waals surface area (Å²) in [6, 6.07) is 6.52. The first kappa shape index (κ1) is 15.0. The number of amides is 1. The topological polar surface area (TPSA) is 95.5 Å². The average Bonchev–Trinajstić information content (AvgIpc) is 2.38. The van der Waals surface area contributed by atoms with Crippen molar-refractivity contribution in [1.82, 2.24) is 5.32 Å². The maximum Gasteiger partial charge on any atom is 0.225 e. The number of carbonyl (C=O) groups excluding carboxylic acids is 1. The smallest absolute Gasteiger partial charge is 0.225 e. The normalized spacial score (nSPS) is 21.4. The van der Waals surface area contributed by atoms with Gasteiger partial charge in [-0.15, -0.1) is 0 Å². The van der Waals surface area contributed by atoms with Crippen molar-refractivity contribution in [3.63, 3.8) is 0 Å². The van der Waals surface area contributed by atoms with E-state index in [-0.39, 0.29) is 36.5 Å². The molecule has 1 amide bonds. The van der Waals surface area contributed by atoms with Crippen molar-refractivity contribution in [2.24, 2.45) is 0 Å². The van der Waals surface area contributed by atoms with E-state index >= 15 is 0 Å². The van der Waals surface area contributed by atoms with E-state index in [4.69, 9.17) is 5.11 Å². The molecule has 110 valence electrons. The van der Waals surface area contributed by atoms with Gasteiger partial charge in [0.2, 0.25) is 5.91 Å². The third kappa shape index (κ3) is 4.29. The first-order valence-corrected chi connectivity index (χ1v) is 8.24. The standard InChI is InChI=1S/C13H18N2O4S/c16-8-10-1-3-11(4-2-10)15-13(17)7-12-9-20(18,19)6-5-14-12/h1-4,12,14,16H,5-9H2,(H,15,17). The molecule has 0 spiro atoms. The van der Waals surface area contributed by atoms with E-state index < -0.39 is 9.84 Å². The third-order valence-corrected chi connectivity index (χ3v) is 4.89. The van der Waals surface area contributed by atoms with Crippen LogP contribution in [0.25, 0.3) is 0 Å². The van der Waals surface area contributed by atoms with Crippen molar-refractivity contribution in [3.8, 4) is 0 Å². The highest BCUT2D eigenvalue weighted by molar-refractivity contribution is 7.91. The van der Waals surface area contributed by atoms with Crippen molar-refractivity contribution in [2.45, 2.75) is 19.1 Å². The summed E-state index contributed by atoms with van der Waals surface area (Å²) in [5, 5.41) is 14.7. The first-order valence-electron chi connectivity index (χ1n) is 6.42. The Bertz CT molecular complexity index is 569. The minimum absolute atomic E-state index is 0.00384. The molecule has 2 rings (SSSR count). The zero-order chi connectivity index (χ0) is 14.6. The van der Waals surface area contributed by atoms with Gasteiger partial charge in [0, 0.05) is 24.7 Å². The van der Waals surface area contributed by atoms with E-state index in [1.54, 1.807) is 24.3 Å². The van der Waals surface area contributed by atoms with Crippen LogP contribution in [0.1, 0.15) is 12.0 Å². The zero-order valence-electron chi connectivity index (χ0n) is 11.0. The highest BCUT2D eigenvalue weighted by Crippen LogP contribution is 2.11. The molecule has 3 N–H and O–H groups in total. The van der Waals surface area contributed by atoms with Crippen LogP contribution in [0.15, 0.2) is 24.3 Å². The molecule has 1 fully saturated rings. The Kier molecular flexibility index (Phi) is 4.74. The summed E-state index contributed by atoms with van der Waals surface area (Å²) >= 11 is 0. The van der Waals surface area contributed by atoms with Crippen LogP contribution >= 0.6 is 0 Å². The van der Waals surface area contributed by atoms with Gasteiger partial charge in [0.05, 0.1) is 18.1 Å². The van der Waals surface area contributed by atoms with E-state index in [1.807, 2.05) is 0 Å². The molecule has 6 nitrogen and oxygen atoms in total. The van der Waals surface area contributed by atoms with E-state index in [2.05, 4.69) is 10.6 Å². The Morgan fingerprint density at radius 2 is 2.05 bits per heavy atom. The number of aliphatic hydroxyl groups is 1. The number of anilines is 1. The van der Waals surface area contributed by atoms with Gasteiger partial charge in [-0.1, -0.05) is 12.1 Å². The molecular formula is C13H18N2O4S. The molecule has 1 saturated heterocycles. The molecule has 1 atom stereocenters. The Hall–Kier alpha value is -1.44. The molecule has 0 aromatic heterocycles. The number of nitrogens with one attached hydrogen (secondary N) is 2. The molecule has 0 bridgehead atoms. The van der Waals surface area contributed by atoms with Crippen molar-refractivity contribution in [1.29, 1.82) is 0 Å². The molecule has 20 heavy (non-hydrogen) atoms. The third-order valence-electron chi connectivity index (χ3n) is 3.15. The maximum absolute atomic E-state index is 11.9. The van der Waals surface area contributed by atoms with Crippen molar-refractivity contribution in [2.75, 3.05) is 23.4 Å². The Labute approximate surface area is 118 Å². The van der Waals surface area contributed by atoms with Gasteiger partial charge in [0.1, 0.15) is 0 Å². The van der Waals surface area contributed by atoms with Gasteiger partial charge in [0.15, 0.2) is 9.84 Å². The van der Waals surface area contributed by atoms with Crippen LogP contribution in [0.3, 0.4) is 0 Å². The van der Waals surface area contributed by atoms with Gasteiger partial charge in [-0.25, -0.2) is 8.42 Å². The molecule has 1 aromatic rings. The molecular weight excluding hydrogens is 280 g/mol. The molecule has 0 aliphatic carbocycles. The predicted molar refractivity (Wildman–Crippen MR) is 76.1 cm³/mol. The Balaban J connectivity index is 1.88. The second-order valence-corrected chi connectivity index (χ2v) is 7.10. The fourth-order valence-electron chi connectivity index (χ4n) is 2.13. The van der Waals surface area contributed by atoms with Crippen LogP contribution < -0.4 is 10.6 Å². The lowest BCUT2D eigenvalue weighted by Gasteiger charge is -2.23. The van der Waals surface area contributed by atoms with E-state index in [9.17, 15) is 13.2 Å². The van der Waals surface area contributed by atoms with E-state index in [0.29, 0.717) is 12.2 Å². The summed E-state index contributed by atoms with van der Waals surface area (Å²) in [7, 11) is -3.03. The molecule has 0 radical (unpaired) electrons. The monoisotopic (exact) mass is 298 g/mol. The quantitative estimate of drug-likeness (QED) is 0.721. The summed E-state index contributed by atoms with van der Waals surface area (Å²) in [5.74, 6) is -0.0891. The highest BCUT2D eigenvalue weighted by atomic mass is 32.2. The number of hydrogen-bond donors (Lipinski definition) is 3. The van der Waals surface area contributed by atoms with Gasteiger partial charge in [-0.3, -0.25) is 4.79 Å². The van der Waals surface area contributed by atoms with Gasteiger partial charge < -0.3 is 15.7 Å².